The molecular formula is C20H19ClN4O4. The molecule has 0 radical (unpaired) electrons. The van der Waals surface area contributed by atoms with Gasteiger partial charge in [-0.1, -0.05) is 23.7 Å². The first-order valence-corrected chi connectivity index (χ1v) is 9.78. The van der Waals surface area contributed by atoms with E-state index < -0.39 is 11.8 Å². The Labute approximate surface area is 172 Å². The normalized spacial score (nSPS) is 21.1. The standard InChI is InChI=1S/C20H19ClN4O4/c21-12-9-22-20(23-10-12)29-14-7-5-13(6-8-14)24-17(26)11-25-18(27)15-3-1-2-4-16(15)19(25)28/h1-4,9-10,13-14H,5-8,11H2,(H,24,26). The van der Waals surface area contributed by atoms with Crippen molar-refractivity contribution in [2.75, 3.05) is 6.54 Å². The maximum Gasteiger partial charge on any atom is 0.316 e. The van der Waals surface area contributed by atoms with Crippen LogP contribution in [0.25, 0.3) is 0 Å². The molecule has 1 saturated carbocycles. The molecule has 4 rings (SSSR count). The molecule has 3 amide bonds. The molecule has 0 spiro atoms. The molecule has 1 N–H and O–H groups in total. The highest BCUT2D eigenvalue weighted by Crippen LogP contribution is 2.24. The number of carbonyl (C=O) groups is 3. The lowest BCUT2D eigenvalue weighted by molar-refractivity contribution is -0.122. The van der Waals surface area contributed by atoms with E-state index in [0.29, 0.717) is 16.1 Å². The average molecular weight is 415 g/mol. The third-order valence-corrected chi connectivity index (χ3v) is 5.28. The summed E-state index contributed by atoms with van der Waals surface area (Å²) in [6.45, 7) is -0.276. The van der Waals surface area contributed by atoms with Gasteiger partial charge >= 0.3 is 6.01 Å². The molecular weight excluding hydrogens is 396 g/mol. The van der Waals surface area contributed by atoms with Gasteiger partial charge in [0.15, 0.2) is 0 Å². The monoisotopic (exact) mass is 414 g/mol. The van der Waals surface area contributed by atoms with Gasteiger partial charge < -0.3 is 10.1 Å². The molecule has 0 saturated heterocycles. The fourth-order valence-corrected chi connectivity index (χ4v) is 3.73. The van der Waals surface area contributed by atoms with E-state index in [1.165, 1.54) is 12.4 Å². The Balaban J connectivity index is 1.26. The van der Waals surface area contributed by atoms with Gasteiger partial charge in [0.25, 0.3) is 11.8 Å². The van der Waals surface area contributed by atoms with Gasteiger partial charge in [-0.25, -0.2) is 9.97 Å². The Morgan fingerprint density at radius 2 is 1.66 bits per heavy atom. The van der Waals surface area contributed by atoms with Gasteiger partial charge in [-0.2, -0.15) is 0 Å². The van der Waals surface area contributed by atoms with Gasteiger partial charge in [-0.15, -0.1) is 0 Å². The zero-order valence-corrected chi connectivity index (χ0v) is 16.3. The minimum absolute atomic E-state index is 0.0244. The third kappa shape index (κ3) is 4.22. The van der Waals surface area contributed by atoms with Crippen molar-refractivity contribution in [3.8, 4) is 6.01 Å². The van der Waals surface area contributed by atoms with Gasteiger partial charge in [0.2, 0.25) is 5.91 Å². The summed E-state index contributed by atoms with van der Waals surface area (Å²) >= 11 is 5.76. The lowest BCUT2D eigenvalue weighted by atomic mass is 9.93. The van der Waals surface area contributed by atoms with Gasteiger partial charge in [-0.05, 0) is 37.8 Å². The van der Waals surface area contributed by atoms with Crippen molar-refractivity contribution < 1.29 is 19.1 Å². The molecule has 2 aliphatic rings. The molecule has 29 heavy (non-hydrogen) atoms. The molecule has 2 aromatic rings. The van der Waals surface area contributed by atoms with E-state index in [1.54, 1.807) is 24.3 Å². The summed E-state index contributed by atoms with van der Waals surface area (Å²) in [7, 11) is 0. The van der Waals surface area contributed by atoms with E-state index in [9.17, 15) is 14.4 Å². The summed E-state index contributed by atoms with van der Waals surface area (Å²) < 4.78 is 5.74. The number of ether oxygens (including phenoxy) is 1. The van der Waals surface area contributed by atoms with Crippen LogP contribution in [-0.4, -0.2) is 51.3 Å². The lowest BCUT2D eigenvalue weighted by Gasteiger charge is -2.29. The fraction of sp³-hybridized carbons (Fsp3) is 0.350. The minimum Gasteiger partial charge on any atom is -0.460 e. The van der Waals surface area contributed by atoms with E-state index in [2.05, 4.69) is 15.3 Å². The Morgan fingerprint density at radius 1 is 1.07 bits per heavy atom. The van der Waals surface area contributed by atoms with E-state index >= 15 is 0 Å². The van der Waals surface area contributed by atoms with Crippen molar-refractivity contribution in [2.45, 2.75) is 37.8 Å². The second kappa shape index (κ2) is 8.16. The maximum absolute atomic E-state index is 12.4. The van der Waals surface area contributed by atoms with Crippen LogP contribution in [0, 0.1) is 0 Å². The predicted octanol–water partition coefficient (Wildman–Crippen LogP) is 2.23. The van der Waals surface area contributed by atoms with Crippen LogP contribution in [0.5, 0.6) is 6.01 Å². The SMILES string of the molecule is O=C(CN1C(=O)c2ccccc2C1=O)NC1CCC(Oc2ncc(Cl)cn2)CC1. The number of halogens is 1. The number of carbonyl (C=O) groups excluding carboxylic acids is 3. The molecule has 9 heteroatoms. The van der Waals surface area contributed by atoms with Crippen LogP contribution in [-0.2, 0) is 4.79 Å². The highest BCUT2D eigenvalue weighted by atomic mass is 35.5. The summed E-state index contributed by atoms with van der Waals surface area (Å²) in [6.07, 6.45) is 5.87. The van der Waals surface area contributed by atoms with E-state index in [-0.39, 0.29) is 30.6 Å². The maximum atomic E-state index is 12.4. The Morgan fingerprint density at radius 3 is 2.24 bits per heavy atom. The molecule has 1 aliphatic carbocycles. The topological polar surface area (TPSA) is 101 Å². The average Bonchev–Trinajstić information content (AvgIpc) is 2.96. The summed E-state index contributed by atoms with van der Waals surface area (Å²) in [6, 6.07) is 6.85. The number of imide groups is 1. The first kappa shape index (κ1) is 19.3. The van der Waals surface area contributed by atoms with Gasteiger partial charge in [0.05, 0.1) is 28.5 Å². The molecule has 150 valence electrons. The number of rotatable bonds is 5. The van der Waals surface area contributed by atoms with E-state index in [0.717, 1.165) is 30.6 Å². The van der Waals surface area contributed by atoms with Crippen molar-refractivity contribution in [2.24, 2.45) is 0 Å². The van der Waals surface area contributed by atoms with Crippen LogP contribution in [0.1, 0.15) is 46.4 Å². The Hall–Kier alpha value is -3.00. The summed E-state index contributed by atoms with van der Waals surface area (Å²) in [5.74, 6) is -1.20. The van der Waals surface area contributed by atoms with Crippen LogP contribution < -0.4 is 10.1 Å². The zero-order valence-electron chi connectivity index (χ0n) is 15.5. The molecule has 8 nitrogen and oxygen atoms in total. The highest BCUT2D eigenvalue weighted by molar-refractivity contribution is 6.30. The van der Waals surface area contributed by atoms with Crippen LogP contribution in [0.15, 0.2) is 36.7 Å². The number of aromatic nitrogens is 2. The summed E-state index contributed by atoms with van der Waals surface area (Å²) in [5.41, 5.74) is 0.680. The lowest BCUT2D eigenvalue weighted by Crippen LogP contribution is -2.45. The smallest absolute Gasteiger partial charge is 0.316 e. The van der Waals surface area contributed by atoms with Crippen LogP contribution >= 0.6 is 11.6 Å². The number of nitrogens with one attached hydrogen (secondary N) is 1. The molecule has 0 atom stereocenters. The number of hydrogen-bond donors (Lipinski definition) is 1. The zero-order chi connectivity index (χ0) is 20.4. The number of fused-ring (bicyclic) bond motifs is 1. The first-order valence-electron chi connectivity index (χ1n) is 9.40. The quantitative estimate of drug-likeness (QED) is 0.753. The Kier molecular flexibility index (Phi) is 5.44. The van der Waals surface area contributed by atoms with Crippen LogP contribution in [0.3, 0.4) is 0 Å². The highest BCUT2D eigenvalue weighted by Gasteiger charge is 2.36. The van der Waals surface area contributed by atoms with Crippen molar-refractivity contribution in [3.63, 3.8) is 0 Å². The van der Waals surface area contributed by atoms with Crippen molar-refractivity contribution in [1.82, 2.24) is 20.2 Å². The molecule has 1 aliphatic heterocycles. The minimum atomic E-state index is -0.430. The first-order chi connectivity index (χ1) is 14.0. The number of benzene rings is 1. The van der Waals surface area contributed by atoms with Crippen LogP contribution in [0.4, 0.5) is 0 Å². The number of hydrogen-bond acceptors (Lipinski definition) is 6. The van der Waals surface area contributed by atoms with Gasteiger partial charge in [0.1, 0.15) is 12.6 Å². The predicted molar refractivity (Wildman–Crippen MR) is 104 cm³/mol. The molecule has 0 bridgehead atoms. The van der Waals surface area contributed by atoms with Crippen molar-refractivity contribution in [1.29, 1.82) is 0 Å². The van der Waals surface area contributed by atoms with Crippen molar-refractivity contribution >= 4 is 29.3 Å². The summed E-state index contributed by atoms with van der Waals surface area (Å²) in [5, 5.41) is 3.36. The molecule has 1 aromatic carbocycles. The molecule has 1 aromatic heterocycles. The van der Waals surface area contributed by atoms with Crippen LogP contribution in [0.2, 0.25) is 5.02 Å². The molecule has 0 unspecified atom stereocenters. The third-order valence-electron chi connectivity index (χ3n) is 5.09. The van der Waals surface area contributed by atoms with E-state index in [4.69, 9.17) is 16.3 Å². The second-order valence-corrected chi connectivity index (χ2v) is 7.52. The molecule has 2 heterocycles. The largest absolute Gasteiger partial charge is 0.460 e. The summed E-state index contributed by atoms with van der Waals surface area (Å²) in [4.78, 5) is 46.2. The number of nitrogens with zero attached hydrogens (tertiary/aromatic N) is 3. The van der Waals surface area contributed by atoms with E-state index in [1.807, 2.05) is 0 Å². The fourth-order valence-electron chi connectivity index (χ4n) is 3.64. The number of amides is 3. The Bertz CT molecular complexity index is 907. The van der Waals surface area contributed by atoms with Crippen molar-refractivity contribution in [3.05, 3.63) is 52.8 Å². The van der Waals surface area contributed by atoms with Gasteiger partial charge in [0, 0.05) is 6.04 Å². The molecule has 1 fully saturated rings. The second-order valence-electron chi connectivity index (χ2n) is 7.08. The van der Waals surface area contributed by atoms with Gasteiger partial charge in [-0.3, -0.25) is 19.3 Å².